The van der Waals surface area contributed by atoms with E-state index >= 15 is 0 Å². The van der Waals surface area contributed by atoms with Gasteiger partial charge in [0, 0.05) is 10.7 Å². The van der Waals surface area contributed by atoms with Crippen molar-refractivity contribution in [3.63, 3.8) is 0 Å². The Balaban J connectivity index is 1.69. The molecule has 1 aliphatic rings. The Morgan fingerprint density at radius 1 is 1.16 bits per heavy atom. The molecule has 1 amide bonds. The first kappa shape index (κ1) is 17.8. The molecule has 1 atom stereocenters. The van der Waals surface area contributed by atoms with Crippen molar-refractivity contribution in [1.29, 1.82) is 0 Å². The summed E-state index contributed by atoms with van der Waals surface area (Å²) in [7, 11) is 0. The van der Waals surface area contributed by atoms with Gasteiger partial charge in [0.15, 0.2) is 6.10 Å². The van der Waals surface area contributed by atoms with Crippen LogP contribution in [0.5, 0.6) is 5.75 Å². The molecule has 0 fully saturated rings. The average molecular weight is 358 g/mol. The van der Waals surface area contributed by atoms with Crippen molar-refractivity contribution in [2.75, 3.05) is 5.32 Å². The van der Waals surface area contributed by atoms with Crippen molar-refractivity contribution in [2.24, 2.45) is 0 Å². The van der Waals surface area contributed by atoms with E-state index in [1.807, 2.05) is 32.0 Å². The second-order valence-electron chi connectivity index (χ2n) is 6.61. The van der Waals surface area contributed by atoms with E-state index < -0.39 is 6.10 Å². The van der Waals surface area contributed by atoms with Crippen molar-refractivity contribution < 1.29 is 9.53 Å². The van der Waals surface area contributed by atoms with Gasteiger partial charge in [0.25, 0.3) is 5.91 Å². The second-order valence-corrected chi connectivity index (χ2v) is 7.01. The lowest BCUT2D eigenvalue weighted by molar-refractivity contribution is -0.122. The van der Waals surface area contributed by atoms with Gasteiger partial charge in [0.05, 0.1) is 0 Å². The minimum atomic E-state index is -0.526. The van der Waals surface area contributed by atoms with Crippen molar-refractivity contribution >= 4 is 23.2 Å². The number of nitrogens with one attached hydrogen (secondary N) is 1. The predicted molar refractivity (Wildman–Crippen MR) is 103 cm³/mol. The Kier molecular flexibility index (Phi) is 5.64. The normalized spacial score (nSPS) is 14.5. The summed E-state index contributed by atoms with van der Waals surface area (Å²) in [6, 6.07) is 11.7. The molecule has 1 unspecified atom stereocenters. The number of hydrogen-bond acceptors (Lipinski definition) is 2. The molecule has 25 heavy (non-hydrogen) atoms. The maximum absolute atomic E-state index is 12.6. The lowest BCUT2D eigenvalue weighted by Gasteiger charge is -2.20. The highest BCUT2D eigenvalue weighted by atomic mass is 35.5. The van der Waals surface area contributed by atoms with Crippen LogP contribution in [0.1, 0.15) is 42.9 Å². The summed E-state index contributed by atoms with van der Waals surface area (Å²) in [5.74, 6) is 0.615. The van der Waals surface area contributed by atoms with Crippen LogP contribution in [0.25, 0.3) is 0 Å². The molecule has 1 N–H and O–H groups in total. The molecule has 0 saturated carbocycles. The first-order chi connectivity index (χ1) is 12.1. The number of fused-ring (bicyclic) bond motifs is 1. The summed E-state index contributed by atoms with van der Waals surface area (Å²) in [6.45, 7) is 3.88. The van der Waals surface area contributed by atoms with E-state index in [2.05, 4.69) is 17.4 Å². The van der Waals surface area contributed by atoms with Crippen LogP contribution in [0.4, 0.5) is 5.69 Å². The smallest absolute Gasteiger partial charge is 0.265 e. The molecule has 2 aromatic carbocycles. The maximum atomic E-state index is 12.6. The van der Waals surface area contributed by atoms with Gasteiger partial charge in [-0.05, 0) is 80.0 Å². The molecular formula is C21H24ClNO2. The fourth-order valence-electron chi connectivity index (χ4n) is 3.16. The number of amides is 1. The van der Waals surface area contributed by atoms with Crippen LogP contribution in [-0.2, 0) is 17.6 Å². The third-order valence-electron chi connectivity index (χ3n) is 4.70. The number of anilines is 1. The van der Waals surface area contributed by atoms with E-state index in [9.17, 15) is 4.79 Å². The van der Waals surface area contributed by atoms with E-state index in [4.69, 9.17) is 16.3 Å². The van der Waals surface area contributed by atoms with E-state index in [-0.39, 0.29) is 5.91 Å². The van der Waals surface area contributed by atoms with Gasteiger partial charge in [0.1, 0.15) is 5.75 Å². The molecule has 0 heterocycles. The van der Waals surface area contributed by atoms with Crippen LogP contribution in [0, 0.1) is 6.92 Å². The number of rotatable bonds is 5. The first-order valence-electron chi connectivity index (χ1n) is 8.92. The largest absolute Gasteiger partial charge is 0.481 e. The van der Waals surface area contributed by atoms with Crippen LogP contribution < -0.4 is 10.1 Å². The van der Waals surface area contributed by atoms with Crippen LogP contribution in [0.3, 0.4) is 0 Å². The molecule has 3 rings (SSSR count). The van der Waals surface area contributed by atoms with Crippen LogP contribution in [0.2, 0.25) is 5.02 Å². The molecule has 1 aliphatic carbocycles. The van der Waals surface area contributed by atoms with E-state index in [1.165, 1.54) is 24.0 Å². The first-order valence-corrected chi connectivity index (χ1v) is 9.30. The SMILES string of the molecule is CCC(Oc1ccc2c(c1)CCCC2)C(=O)Nc1ccc(C)c(Cl)c1. The highest BCUT2D eigenvalue weighted by molar-refractivity contribution is 6.31. The Morgan fingerprint density at radius 3 is 2.64 bits per heavy atom. The van der Waals surface area contributed by atoms with Crippen LogP contribution in [-0.4, -0.2) is 12.0 Å². The number of carbonyl (C=O) groups is 1. The average Bonchev–Trinajstić information content (AvgIpc) is 2.62. The lowest BCUT2D eigenvalue weighted by atomic mass is 9.92. The van der Waals surface area contributed by atoms with Crippen LogP contribution in [0.15, 0.2) is 36.4 Å². The summed E-state index contributed by atoms with van der Waals surface area (Å²) < 4.78 is 5.97. The zero-order chi connectivity index (χ0) is 17.8. The number of aryl methyl sites for hydroxylation is 3. The molecule has 0 aliphatic heterocycles. The van der Waals surface area contributed by atoms with Crippen molar-refractivity contribution in [3.8, 4) is 5.75 Å². The second kappa shape index (κ2) is 7.92. The van der Waals surface area contributed by atoms with Gasteiger partial charge in [-0.1, -0.05) is 30.7 Å². The molecule has 0 spiro atoms. The number of benzene rings is 2. The minimum absolute atomic E-state index is 0.153. The Morgan fingerprint density at radius 2 is 1.92 bits per heavy atom. The monoisotopic (exact) mass is 357 g/mol. The zero-order valence-corrected chi connectivity index (χ0v) is 15.5. The summed E-state index contributed by atoms with van der Waals surface area (Å²) in [6.07, 6.45) is 4.79. The van der Waals surface area contributed by atoms with Gasteiger partial charge in [-0.2, -0.15) is 0 Å². The fraction of sp³-hybridized carbons (Fsp3) is 0.381. The molecule has 132 valence electrons. The van der Waals surface area contributed by atoms with E-state index in [0.29, 0.717) is 17.1 Å². The van der Waals surface area contributed by atoms with Gasteiger partial charge in [-0.3, -0.25) is 4.79 Å². The molecule has 4 heteroatoms. The maximum Gasteiger partial charge on any atom is 0.265 e. The lowest BCUT2D eigenvalue weighted by Crippen LogP contribution is -2.32. The number of halogens is 1. The summed E-state index contributed by atoms with van der Waals surface area (Å²) in [5, 5.41) is 3.54. The van der Waals surface area contributed by atoms with Crippen LogP contribution >= 0.6 is 11.6 Å². The number of carbonyl (C=O) groups excluding carboxylic acids is 1. The quantitative estimate of drug-likeness (QED) is 0.786. The summed E-state index contributed by atoms with van der Waals surface area (Å²) in [4.78, 5) is 12.6. The van der Waals surface area contributed by atoms with E-state index in [0.717, 1.165) is 24.2 Å². The molecule has 2 aromatic rings. The van der Waals surface area contributed by atoms with Crippen molar-refractivity contribution in [1.82, 2.24) is 0 Å². The zero-order valence-electron chi connectivity index (χ0n) is 14.8. The van der Waals surface area contributed by atoms with Gasteiger partial charge >= 0.3 is 0 Å². The standard InChI is InChI=1S/C21H24ClNO2/c1-3-20(21(24)23-17-10-8-14(2)19(22)13-17)25-18-11-9-15-6-4-5-7-16(15)12-18/h8-13,20H,3-7H2,1-2H3,(H,23,24). The molecule has 3 nitrogen and oxygen atoms in total. The predicted octanol–water partition coefficient (Wildman–Crippen LogP) is 5.32. The molecule has 0 radical (unpaired) electrons. The highest BCUT2D eigenvalue weighted by Gasteiger charge is 2.20. The number of hydrogen-bond donors (Lipinski definition) is 1. The van der Waals surface area contributed by atoms with Gasteiger partial charge in [0.2, 0.25) is 0 Å². The fourth-order valence-corrected chi connectivity index (χ4v) is 3.34. The van der Waals surface area contributed by atoms with Gasteiger partial charge < -0.3 is 10.1 Å². The van der Waals surface area contributed by atoms with Crippen molar-refractivity contribution in [2.45, 2.75) is 52.1 Å². The Hall–Kier alpha value is -2.00. The third kappa shape index (κ3) is 4.35. The molecule has 0 aromatic heterocycles. The third-order valence-corrected chi connectivity index (χ3v) is 5.11. The highest BCUT2D eigenvalue weighted by Crippen LogP contribution is 2.26. The Labute approximate surface area is 154 Å². The number of ether oxygens (including phenoxy) is 1. The Bertz CT molecular complexity index is 772. The van der Waals surface area contributed by atoms with Gasteiger partial charge in [-0.15, -0.1) is 0 Å². The summed E-state index contributed by atoms with van der Waals surface area (Å²) >= 11 is 6.13. The van der Waals surface area contributed by atoms with E-state index in [1.54, 1.807) is 6.07 Å². The minimum Gasteiger partial charge on any atom is -0.481 e. The molecule has 0 bridgehead atoms. The molecular weight excluding hydrogens is 334 g/mol. The topological polar surface area (TPSA) is 38.3 Å². The van der Waals surface area contributed by atoms with Crippen molar-refractivity contribution in [3.05, 3.63) is 58.1 Å². The van der Waals surface area contributed by atoms with Gasteiger partial charge in [-0.25, -0.2) is 0 Å². The summed E-state index contributed by atoms with van der Waals surface area (Å²) in [5.41, 5.74) is 4.43. The molecule has 0 saturated heterocycles.